The molecule has 0 radical (unpaired) electrons. The Morgan fingerprint density at radius 3 is 2.67 bits per heavy atom. The molecule has 0 aromatic carbocycles. The summed E-state index contributed by atoms with van der Waals surface area (Å²) >= 11 is 4.53. The number of ether oxygens (including phenoxy) is 1. The van der Waals surface area contributed by atoms with Crippen LogP contribution in [0, 0.1) is 0 Å². The van der Waals surface area contributed by atoms with E-state index in [1.54, 1.807) is 0 Å². The third kappa shape index (κ3) is 4.12. The summed E-state index contributed by atoms with van der Waals surface area (Å²) in [4.78, 5) is 10.7. The highest BCUT2D eigenvalue weighted by molar-refractivity contribution is 7.80. The zero-order chi connectivity index (χ0) is 9.56. The summed E-state index contributed by atoms with van der Waals surface area (Å²) in [5.41, 5.74) is 0. The van der Waals surface area contributed by atoms with Gasteiger partial charge in [-0.3, -0.25) is 0 Å². The molecule has 0 aliphatic rings. The number of alkyl carbamates (subject to hydrolysis) is 1. The molecule has 5 heteroatoms. The average Bonchev–Trinajstić information content (AvgIpc) is 2.03. The van der Waals surface area contributed by atoms with Crippen LogP contribution in [0.1, 0.15) is 19.8 Å². The van der Waals surface area contributed by atoms with Gasteiger partial charge in [0.15, 0.2) is 5.05 Å². The molecule has 0 saturated heterocycles. The van der Waals surface area contributed by atoms with E-state index in [1.165, 1.54) is 7.11 Å². The maximum Gasteiger partial charge on any atom is 0.407 e. The second-order valence-electron chi connectivity index (χ2n) is 2.32. The van der Waals surface area contributed by atoms with Crippen LogP contribution in [0.25, 0.3) is 0 Å². The quantitative estimate of drug-likeness (QED) is 0.659. The van der Waals surface area contributed by atoms with Crippen LogP contribution in [0.5, 0.6) is 0 Å². The molecule has 12 heavy (non-hydrogen) atoms. The summed E-state index contributed by atoms with van der Waals surface area (Å²) in [7, 11) is 1.26. The van der Waals surface area contributed by atoms with E-state index in [1.807, 2.05) is 6.92 Å². The summed E-state index contributed by atoms with van der Waals surface area (Å²) < 4.78 is 4.36. The van der Waals surface area contributed by atoms with E-state index in [0.717, 1.165) is 6.42 Å². The van der Waals surface area contributed by atoms with Crippen molar-refractivity contribution in [2.45, 2.75) is 25.8 Å². The number of thiocarbonyl (C=S) groups is 1. The standard InChI is InChI=1S/C7H13NO3S/c1-3-4-5(6(9)12)8-7(10)11-2/h5H,3-4H2,1-2H3,(H,8,10)(H,9,12)/t5-/m0/s1. The normalized spacial score (nSPS) is 11.8. The molecule has 4 nitrogen and oxygen atoms in total. The number of hydrogen-bond donors (Lipinski definition) is 2. The molecule has 1 amide bonds. The number of rotatable bonds is 4. The molecule has 0 aromatic rings. The van der Waals surface area contributed by atoms with Crippen LogP contribution < -0.4 is 5.32 Å². The minimum atomic E-state index is -0.579. The molecule has 0 saturated carbocycles. The van der Waals surface area contributed by atoms with Gasteiger partial charge in [0, 0.05) is 0 Å². The molecule has 1 atom stereocenters. The number of hydrogen-bond acceptors (Lipinski definition) is 3. The minimum Gasteiger partial charge on any atom is -0.500 e. The molecule has 0 bridgehead atoms. The predicted molar refractivity (Wildman–Crippen MR) is 49.5 cm³/mol. The summed E-state index contributed by atoms with van der Waals surface area (Å²) in [6.45, 7) is 1.93. The summed E-state index contributed by atoms with van der Waals surface area (Å²) in [5.74, 6) is 0. The van der Waals surface area contributed by atoms with Crippen molar-refractivity contribution >= 4 is 23.4 Å². The van der Waals surface area contributed by atoms with Crippen molar-refractivity contribution in [3.05, 3.63) is 0 Å². The molecular formula is C7H13NO3S. The van der Waals surface area contributed by atoms with E-state index in [0.29, 0.717) is 6.42 Å². The number of carbonyl (C=O) groups is 1. The second-order valence-corrected chi connectivity index (χ2v) is 2.73. The summed E-state index contributed by atoms with van der Waals surface area (Å²) in [6, 6.07) is -0.475. The number of carbonyl (C=O) groups excluding carboxylic acids is 1. The van der Waals surface area contributed by atoms with Crippen molar-refractivity contribution in [2.24, 2.45) is 0 Å². The van der Waals surface area contributed by atoms with Crippen LogP contribution in [0.2, 0.25) is 0 Å². The molecule has 0 aromatic heterocycles. The fourth-order valence-corrected chi connectivity index (χ4v) is 0.924. The zero-order valence-electron chi connectivity index (χ0n) is 7.16. The average molecular weight is 191 g/mol. The lowest BCUT2D eigenvalue weighted by Gasteiger charge is -2.13. The minimum absolute atomic E-state index is 0.206. The Balaban J connectivity index is 3.95. The van der Waals surface area contributed by atoms with Crippen LogP contribution in [0.4, 0.5) is 4.79 Å². The van der Waals surface area contributed by atoms with Gasteiger partial charge in [-0.25, -0.2) is 4.79 Å². The van der Waals surface area contributed by atoms with Crippen LogP contribution >= 0.6 is 12.2 Å². The van der Waals surface area contributed by atoms with Crippen molar-refractivity contribution in [1.82, 2.24) is 5.32 Å². The molecule has 70 valence electrons. The Bertz CT molecular complexity index is 170. The van der Waals surface area contributed by atoms with Gasteiger partial charge in [0.05, 0.1) is 7.11 Å². The first-order chi connectivity index (χ1) is 5.61. The zero-order valence-corrected chi connectivity index (χ0v) is 7.98. The van der Waals surface area contributed by atoms with Crippen LogP contribution in [0.3, 0.4) is 0 Å². The molecule has 0 aliphatic heterocycles. The van der Waals surface area contributed by atoms with Gasteiger partial charge < -0.3 is 15.2 Å². The first-order valence-corrected chi connectivity index (χ1v) is 4.10. The fraction of sp³-hybridized carbons (Fsp3) is 0.714. The van der Waals surface area contributed by atoms with Gasteiger partial charge in [0.25, 0.3) is 0 Å². The van der Waals surface area contributed by atoms with Gasteiger partial charge in [-0.05, 0) is 18.6 Å². The first kappa shape index (κ1) is 11.2. The highest BCUT2D eigenvalue weighted by Gasteiger charge is 2.14. The lowest BCUT2D eigenvalue weighted by Crippen LogP contribution is -2.39. The number of aliphatic hydroxyl groups excluding tert-OH is 1. The van der Waals surface area contributed by atoms with E-state index in [-0.39, 0.29) is 5.05 Å². The summed E-state index contributed by atoms with van der Waals surface area (Å²) in [5, 5.41) is 11.2. The van der Waals surface area contributed by atoms with E-state index < -0.39 is 12.1 Å². The Morgan fingerprint density at radius 1 is 1.75 bits per heavy atom. The smallest absolute Gasteiger partial charge is 0.407 e. The lowest BCUT2D eigenvalue weighted by molar-refractivity contribution is 0.168. The third-order valence-corrected chi connectivity index (χ3v) is 1.64. The fourth-order valence-electron chi connectivity index (χ4n) is 0.747. The maximum absolute atomic E-state index is 10.7. The predicted octanol–water partition coefficient (Wildman–Crippen LogP) is 1.40. The van der Waals surface area contributed by atoms with Gasteiger partial charge in [-0.1, -0.05) is 13.3 Å². The van der Waals surface area contributed by atoms with E-state index in [9.17, 15) is 4.79 Å². The summed E-state index contributed by atoms with van der Waals surface area (Å²) in [6.07, 6.45) is 0.865. The first-order valence-electron chi connectivity index (χ1n) is 3.69. The molecule has 0 unspecified atom stereocenters. The van der Waals surface area contributed by atoms with Gasteiger partial charge in [-0.15, -0.1) is 0 Å². The number of methoxy groups -OCH3 is 1. The van der Waals surface area contributed by atoms with Crippen LogP contribution in [-0.2, 0) is 4.74 Å². The van der Waals surface area contributed by atoms with E-state index in [4.69, 9.17) is 5.11 Å². The Labute approximate surface area is 76.9 Å². The Morgan fingerprint density at radius 2 is 2.33 bits per heavy atom. The highest BCUT2D eigenvalue weighted by atomic mass is 32.1. The molecular weight excluding hydrogens is 178 g/mol. The Kier molecular flexibility index (Phi) is 5.36. The molecule has 0 rings (SSSR count). The number of amides is 1. The molecule has 0 aliphatic carbocycles. The molecule has 0 spiro atoms. The van der Waals surface area contributed by atoms with Gasteiger partial charge in [0.2, 0.25) is 0 Å². The highest BCUT2D eigenvalue weighted by Crippen LogP contribution is 1.98. The maximum atomic E-state index is 10.7. The van der Waals surface area contributed by atoms with Crippen LogP contribution in [-0.4, -0.2) is 29.4 Å². The lowest BCUT2D eigenvalue weighted by atomic mass is 10.2. The van der Waals surface area contributed by atoms with E-state index in [2.05, 4.69) is 22.3 Å². The van der Waals surface area contributed by atoms with Gasteiger partial charge in [0.1, 0.15) is 6.04 Å². The molecule has 0 fully saturated rings. The van der Waals surface area contributed by atoms with Crippen molar-refractivity contribution in [3.8, 4) is 0 Å². The van der Waals surface area contributed by atoms with Gasteiger partial charge >= 0.3 is 6.09 Å². The SMILES string of the molecule is CCC[C@H](NC(=O)OC)C(O)=S. The number of aliphatic hydroxyl groups is 1. The van der Waals surface area contributed by atoms with E-state index >= 15 is 0 Å². The van der Waals surface area contributed by atoms with Crippen molar-refractivity contribution in [1.29, 1.82) is 0 Å². The topological polar surface area (TPSA) is 58.6 Å². The van der Waals surface area contributed by atoms with Crippen LogP contribution in [0.15, 0.2) is 0 Å². The molecule has 0 heterocycles. The second kappa shape index (κ2) is 5.77. The monoisotopic (exact) mass is 191 g/mol. The number of nitrogens with one attached hydrogen (secondary N) is 1. The largest absolute Gasteiger partial charge is 0.500 e. The van der Waals surface area contributed by atoms with Crippen molar-refractivity contribution in [3.63, 3.8) is 0 Å². The Hall–Kier alpha value is -0.840. The van der Waals surface area contributed by atoms with Crippen molar-refractivity contribution < 1.29 is 14.6 Å². The van der Waals surface area contributed by atoms with Gasteiger partial charge in [-0.2, -0.15) is 0 Å². The van der Waals surface area contributed by atoms with Crippen molar-refractivity contribution in [2.75, 3.05) is 7.11 Å². The molecule has 2 N–H and O–H groups in total. The third-order valence-electron chi connectivity index (χ3n) is 1.35.